The first-order chi connectivity index (χ1) is 14.2. The monoisotopic (exact) mass is 390 g/mol. The van der Waals surface area contributed by atoms with Gasteiger partial charge in [-0.15, -0.1) is 0 Å². The Morgan fingerprint density at radius 3 is 2.62 bits per heavy atom. The number of esters is 1. The number of para-hydroxylation sites is 1. The summed E-state index contributed by atoms with van der Waals surface area (Å²) in [4.78, 5) is 19.2. The van der Waals surface area contributed by atoms with E-state index in [0.29, 0.717) is 6.61 Å². The molecule has 0 fully saturated rings. The Balaban J connectivity index is 1.84. The second-order valence-electron chi connectivity index (χ2n) is 7.86. The minimum absolute atomic E-state index is 0.0631. The number of carbonyl (C=O) groups excluding carboxylic acids is 1. The Kier molecular flexibility index (Phi) is 6.00. The topological polar surface area (TPSA) is 45.3 Å². The fourth-order valence-corrected chi connectivity index (χ4v) is 4.66. The van der Waals surface area contributed by atoms with E-state index in [4.69, 9.17) is 4.74 Å². The van der Waals surface area contributed by atoms with E-state index in [0.717, 1.165) is 38.0 Å². The van der Waals surface area contributed by atoms with Crippen molar-refractivity contribution < 1.29 is 9.53 Å². The van der Waals surface area contributed by atoms with Crippen LogP contribution in [0.15, 0.2) is 54.6 Å². The summed E-state index contributed by atoms with van der Waals surface area (Å²) in [6.45, 7) is 7.11. The quantitative estimate of drug-likeness (QED) is 0.650. The standard InChI is InChI=1S/C25H30N2O2/c1-3-27-15-14-20-19-12-8-9-13-23(19)26-24(20)21(16-18-10-6-5-7-11-18)22(17-27)25(28)29-4-2/h5-13,21-22,26H,3-4,14-17H2,1-2H3. The van der Waals surface area contributed by atoms with Gasteiger partial charge >= 0.3 is 5.97 Å². The Labute approximate surface area is 172 Å². The number of hydrogen-bond acceptors (Lipinski definition) is 3. The van der Waals surface area contributed by atoms with Crippen LogP contribution in [0.2, 0.25) is 0 Å². The molecule has 0 saturated heterocycles. The van der Waals surface area contributed by atoms with E-state index in [9.17, 15) is 4.79 Å². The van der Waals surface area contributed by atoms with Crippen molar-refractivity contribution in [1.82, 2.24) is 9.88 Å². The number of carbonyl (C=O) groups is 1. The van der Waals surface area contributed by atoms with Gasteiger partial charge in [0.15, 0.2) is 0 Å². The lowest BCUT2D eigenvalue weighted by atomic mass is 9.80. The van der Waals surface area contributed by atoms with Crippen LogP contribution >= 0.6 is 0 Å². The summed E-state index contributed by atoms with van der Waals surface area (Å²) in [5.41, 5.74) is 4.97. The maximum absolute atomic E-state index is 13.1. The third kappa shape index (κ3) is 4.08. The van der Waals surface area contributed by atoms with Crippen molar-refractivity contribution in [1.29, 1.82) is 0 Å². The average molecular weight is 391 g/mol. The van der Waals surface area contributed by atoms with Crippen molar-refractivity contribution in [3.8, 4) is 0 Å². The molecule has 0 spiro atoms. The minimum Gasteiger partial charge on any atom is -0.466 e. The highest BCUT2D eigenvalue weighted by atomic mass is 16.5. The fourth-order valence-electron chi connectivity index (χ4n) is 4.66. The number of H-pyrrole nitrogens is 1. The van der Waals surface area contributed by atoms with Gasteiger partial charge in [-0.1, -0.05) is 55.5 Å². The third-order valence-electron chi connectivity index (χ3n) is 6.17. The van der Waals surface area contributed by atoms with Crippen LogP contribution in [0.5, 0.6) is 0 Å². The van der Waals surface area contributed by atoms with E-state index in [1.54, 1.807) is 0 Å². The molecule has 0 amide bonds. The summed E-state index contributed by atoms with van der Waals surface area (Å²) in [5, 5.41) is 1.28. The highest BCUT2D eigenvalue weighted by Crippen LogP contribution is 2.37. The van der Waals surface area contributed by atoms with Crippen LogP contribution in [0.3, 0.4) is 0 Å². The van der Waals surface area contributed by atoms with Crippen LogP contribution in [0, 0.1) is 5.92 Å². The highest BCUT2D eigenvalue weighted by Gasteiger charge is 2.36. The molecule has 29 heavy (non-hydrogen) atoms. The summed E-state index contributed by atoms with van der Waals surface area (Å²) < 4.78 is 5.55. The molecule has 4 rings (SSSR count). The molecule has 1 N–H and O–H groups in total. The van der Waals surface area contributed by atoms with Crippen LogP contribution in [-0.4, -0.2) is 42.1 Å². The van der Waals surface area contributed by atoms with Crippen molar-refractivity contribution in [3.63, 3.8) is 0 Å². The number of nitrogens with zero attached hydrogens (tertiary/aromatic N) is 1. The highest BCUT2D eigenvalue weighted by molar-refractivity contribution is 5.85. The van der Waals surface area contributed by atoms with Gasteiger partial charge in [0.25, 0.3) is 0 Å². The second-order valence-corrected chi connectivity index (χ2v) is 7.86. The summed E-state index contributed by atoms with van der Waals surface area (Å²) in [5.74, 6) is -0.214. The maximum atomic E-state index is 13.1. The number of ether oxygens (including phenoxy) is 1. The Morgan fingerprint density at radius 2 is 1.86 bits per heavy atom. The van der Waals surface area contributed by atoms with Gasteiger partial charge in [-0.25, -0.2) is 0 Å². The lowest BCUT2D eigenvalue weighted by Crippen LogP contribution is -2.41. The first kappa shape index (κ1) is 19.7. The molecule has 1 aromatic heterocycles. The summed E-state index contributed by atoms with van der Waals surface area (Å²) in [7, 11) is 0. The van der Waals surface area contributed by atoms with Crippen LogP contribution in [-0.2, 0) is 22.4 Å². The van der Waals surface area contributed by atoms with Gasteiger partial charge < -0.3 is 14.6 Å². The molecule has 2 heterocycles. The van der Waals surface area contributed by atoms with E-state index in [-0.39, 0.29) is 17.8 Å². The molecule has 2 aromatic carbocycles. The van der Waals surface area contributed by atoms with Gasteiger partial charge in [0, 0.05) is 35.6 Å². The zero-order valence-electron chi connectivity index (χ0n) is 17.4. The van der Waals surface area contributed by atoms with E-state index < -0.39 is 0 Å². The number of fused-ring (bicyclic) bond motifs is 3. The molecule has 152 valence electrons. The lowest BCUT2D eigenvalue weighted by molar-refractivity contribution is -0.149. The Hall–Kier alpha value is -2.59. The van der Waals surface area contributed by atoms with Gasteiger partial charge in [-0.3, -0.25) is 4.79 Å². The smallest absolute Gasteiger partial charge is 0.310 e. The molecule has 4 nitrogen and oxygen atoms in total. The van der Waals surface area contributed by atoms with Crippen LogP contribution in [0.25, 0.3) is 10.9 Å². The van der Waals surface area contributed by atoms with E-state index in [1.165, 1.54) is 22.2 Å². The predicted molar refractivity (Wildman–Crippen MR) is 117 cm³/mol. The summed E-state index contributed by atoms with van der Waals surface area (Å²) >= 11 is 0. The van der Waals surface area contributed by atoms with E-state index in [1.807, 2.05) is 13.0 Å². The number of nitrogens with one attached hydrogen (secondary N) is 1. The van der Waals surface area contributed by atoms with Crippen LogP contribution < -0.4 is 0 Å². The number of likely N-dealkylation sites (N-methyl/N-ethyl adjacent to an activating group) is 1. The number of hydrogen-bond donors (Lipinski definition) is 1. The molecule has 0 radical (unpaired) electrons. The van der Waals surface area contributed by atoms with Crippen molar-refractivity contribution in [2.45, 2.75) is 32.6 Å². The first-order valence-corrected chi connectivity index (χ1v) is 10.7. The van der Waals surface area contributed by atoms with Crippen molar-refractivity contribution in [3.05, 3.63) is 71.4 Å². The first-order valence-electron chi connectivity index (χ1n) is 10.7. The molecular weight excluding hydrogens is 360 g/mol. The molecule has 1 aliphatic rings. The molecule has 0 aliphatic carbocycles. The molecule has 3 aromatic rings. The van der Waals surface area contributed by atoms with Gasteiger partial charge in [0.05, 0.1) is 12.5 Å². The van der Waals surface area contributed by atoms with Crippen LogP contribution in [0.4, 0.5) is 0 Å². The largest absolute Gasteiger partial charge is 0.466 e. The minimum atomic E-state index is -0.192. The fraction of sp³-hybridized carbons (Fsp3) is 0.400. The number of benzene rings is 2. The summed E-state index contributed by atoms with van der Waals surface area (Å²) in [6.07, 6.45) is 1.82. The summed E-state index contributed by atoms with van der Waals surface area (Å²) in [6, 6.07) is 19.0. The molecule has 2 unspecified atom stereocenters. The van der Waals surface area contributed by atoms with Crippen molar-refractivity contribution in [2.75, 3.05) is 26.2 Å². The Morgan fingerprint density at radius 1 is 1.10 bits per heavy atom. The molecular formula is C25H30N2O2. The zero-order valence-corrected chi connectivity index (χ0v) is 17.4. The SMILES string of the molecule is CCOC(=O)C1CN(CC)CCc2c([nH]c3ccccc23)C1Cc1ccccc1. The van der Waals surface area contributed by atoms with Gasteiger partial charge in [-0.05, 0) is 43.5 Å². The number of rotatable bonds is 5. The third-order valence-corrected chi connectivity index (χ3v) is 6.17. The van der Waals surface area contributed by atoms with E-state index >= 15 is 0 Å². The molecule has 4 heteroatoms. The normalized spacial score (nSPS) is 20.1. The van der Waals surface area contributed by atoms with Crippen molar-refractivity contribution in [2.24, 2.45) is 5.92 Å². The van der Waals surface area contributed by atoms with Gasteiger partial charge in [0.1, 0.15) is 0 Å². The zero-order chi connectivity index (χ0) is 20.2. The Bertz CT molecular complexity index is 963. The molecule has 2 atom stereocenters. The predicted octanol–water partition coefficient (Wildman–Crippen LogP) is 4.55. The van der Waals surface area contributed by atoms with E-state index in [2.05, 4.69) is 65.3 Å². The maximum Gasteiger partial charge on any atom is 0.310 e. The van der Waals surface area contributed by atoms with Gasteiger partial charge in [-0.2, -0.15) is 0 Å². The lowest BCUT2D eigenvalue weighted by Gasteiger charge is -2.33. The number of aromatic nitrogens is 1. The number of aromatic amines is 1. The van der Waals surface area contributed by atoms with Crippen LogP contribution in [0.1, 0.15) is 36.6 Å². The van der Waals surface area contributed by atoms with Gasteiger partial charge in [0.2, 0.25) is 0 Å². The molecule has 0 bridgehead atoms. The molecule has 1 aliphatic heterocycles. The average Bonchev–Trinajstić information content (AvgIpc) is 3.10. The molecule has 0 saturated carbocycles. The second kappa shape index (κ2) is 8.83. The van der Waals surface area contributed by atoms with Crippen molar-refractivity contribution >= 4 is 16.9 Å².